The molecule has 1 aliphatic heterocycles. The SMILES string of the molecule is C=C/C(=C1/CN(C)CCN1)c1cnc2c(c1)C(c1ccc3ncncc3c1)=CC2. The van der Waals surface area contributed by atoms with Gasteiger partial charge in [-0.25, -0.2) is 9.97 Å². The Bertz CT molecular complexity index is 1170. The first-order valence-electron chi connectivity index (χ1n) is 9.91. The van der Waals surface area contributed by atoms with Gasteiger partial charge in [0, 0.05) is 66.2 Å². The summed E-state index contributed by atoms with van der Waals surface area (Å²) >= 11 is 0. The van der Waals surface area contributed by atoms with Crippen LogP contribution in [0.3, 0.4) is 0 Å². The van der Waals surface area contributed by atoms with Gasteiger partial charge in [-0.15, -0.1) is 0 Å². The Kier molecular flexibility index (Phi) is 4.45. The van der Waals surface area contributed by atoms with Crippen molar-refractivity contribution >= 4 is 22.0 Å². The van der Waals surface area contributed by atoms with E-state index in [2.05, 4.69) is 64.2 Å². The van der Waals surface area contributed by atoms with Gasteiger partial charge in [-0.05, 0) is 36.4 Å². The molecule has 3 aromatic rings. The number of allylic oxidation sites excluding steroid dienone is 3. The van der Waals surface area contributed by atoms with Gasteiger partial charge in [0.15, 0.2) is 0 Å². The number of fused-ring (bicyclic) bond motifs is 2. The summed E-state index contributed by atoms with van der Waals surface area (Å²) in [5.74, 6) is 0. The molecule has 5 heteroatoms. The second-order valence-corrected chi connectivity index (χ2v) is 7.60. The number of benzene rings is 1. The summed E-state index contributed by atoms with van der Waals surface area (Å²) in [7, 11) is 2.15. The molecule has 5 rings (SSSR count). The van der Waals surface area contributed by atoms with Crippen LogP contribution >= 0.6 is 0 Å². The van der Waals surface area contributed by atoms with Crippen LogP contribution in [0, 0.1) is 0 Å². The van der Waals surface area contributed by atoms with Crippen molar-refractivity contribution < 1.29 is 0 Å². The largest absolute Gasteiger partial charge is 0.386 e. The van der Waals surface area contributed by atoms with Crippen molar-refractivity contribution in [3.8, 4) is 0 Å². The van der Waals surface area contributed by atoms with Crippen molar-refractivity contribution in [2.45, 2.75) is 6.42 Å². The quantitative estimate of drug-likeness (QED) is 0.753. The van der Waals surface area contributed by atoms with E-state index in [4.69, 9.17) is 4.98 Å². The third kappa shape index (κ3) is 3.23. The molecule has 1 fully saturated rings. The molecule has 1 aliphatic carbocycles. The van der Waals surface area contributed by atoms with Gasteiger partial charge in [-0.2, -0.15) is 0 Å². The van der Waals surface area contributed by atoms with E-state index >= 15 is 0 Å². The molecule has 2 aliphatic rings. The minimum Gasteiger partial charge on any atom is -0.386 e. The third-order valence-corrected chi connectivity index (χ3v) is 5.68. The van der Waals surface area contributed by atoms with Crippen LogP contribution < -0.4 is 5.32 Å². The van der Waals surface area contributed by atoms with Gasteiger partial charge >= 0.3 is 0 Å². The first-order valence-corrected chi connectivity index (χ1v) is 9.91. The first-order chi connectivity index (χ1) is 14.2. The Morgan fingerprint density at radius 3 is 3.00 bits per heavy atom. The molecular formula is C24H23N5. The van der Waals surface area contributed by atoms with E-state index in [1.165, 1.54) is 22.4 Å². The lowest BCUT2D eigenvalue weighted by molar-refractivity contribution is 0.324. The van der Waals surface area contributed by atoms with Gasteiger partial charge in [0.1, 0.15) is 6.33 Å². The molecule has 0 unspecified atom stereocenters. The fraction of sp³-hybridized carbons (Fsp3) is 0.208. The summed E-state index contributed by atoms with van der Waals surface area (Å²) in [4.78, 5) is 15.6. The van der Waals surface area contributed by atoms with Crippen molar-refractivity contribution in [2.75, 3.05) is 26.7 Å². The standard InChI is InChI=1S/C24H23N5/c1-3-19(24-14-29(2)9-8-26-24)17-11-21-20(5-7-23(21)27-13-17)16-4-6-22-18(10-16)12-25-15-28-22/h3-6,10-13,15,26H,1,7-9,14H2,2H3/b24-19+. The first kappa shape index (κ1) is 17.8. The summed E-state index contributed by atoms with van der Waals surface area (Å²) in [5, 5.41) is 4.59. The van der Waals surface area contributed by atoms with Crippen LogP contribution in [0.5, 0.6) is 0 Å². The van der Waals surface area contributed by atoms with Crippen LogP contribution in [-0.2, 0) is 6.42 Å². The molecule has 29 heavy (non-hydrogen) atoms. The highest BCUT2D eigenvalue weighted by atomic mass is 15.2. The monoisotopic (exact) mass is 381 g/mol. The average molecular weight is 381 g/mol. The van der Waals surface area contributed by atoms with Crippen molar-refractivity contribution in [3.63, 3.8) is 0 Å². The zero-order valence-electron chi connectivity index (χ0n) is 16.5. The van der Waals surface area contributed by atoms with E-state index in [1.807, 2.05) is 18.5 Å². The van der Waals surface area contributed by atoms with Crippen LogP contribution in [-0.4, -0.2) is 46.5 Å². The molecule has 0 radical (unpaired) electrons. The van der Waals surface area contributed by atoms with E-state index in [1.54, 1.807) is 6.33 Å². The predicted molar refractivity (Wildman–Crippen MR) is 117 cm³/mol. The lowest BCUT2D eigenvalue weighted by Gasteiger charge is -2.28. The lowest BCUT2D eigenvalue weighted by atomic mass is 9.96. The summed E-state index contributed by atoms with van der Waals surface area (Å²) < 4.78 is 0. The van der Waals surface area contributed by atoms with E-state index in [-0.39, 0.29) is 0 Å². The Morgan fingerprint density at radius 2 is 2.14 bits per heavy atom. The number of nitrogens with one attached hydrogen (secondary N) is 1. The highest BCUT2D eigenvalue weighted by Gasteiger charge is 2.20. The van der Waals surface area contributed by atoms with Crippen molar-refractivity contribution in [3.05, 3.63) is 89.8 Å². The lowest BCUT2D eigenvalue weighted by Crippen LogP contribution is -2.40. The molecule has 3 heterocycles. The number of hydrogen-bond acceptors (Lipinski definition) is 5. The van der Waals surface area contributed by atoms with E-state index in [0.29, 0.717) is 0 Å². The fourth-order valence-corrected chi connectivity index (χ4v) is 4.17. The second kappa shape index (κ2) is 7.26. The van der Waals surface area contributed by atoms with Crippen molar-refractivity contribution in [1.82, 2.24) is 25.2 Å². The van der Waals surface area contributed by atoms with Gasteiger partial charge in [0.2, 0.25) is 0 Å². The van der Waals surface area contributed by atoms with Crippen LogP contribution in [0.4, 0.5) is 0 Å². The number of hydrogen-bond donors (Lipinski definition) is 1. The summed E-state index contributed by atoms with van der Waals surface area (Å²) in [6, 6.07) is 8.61. The van der Waals surface area contributed by atoms with Gasteiger partial charge in [0.25, 0.3) is 0 Å². The van der Waals surface area contributed by atoms with E-state index in [0.717, 1.165) is 53.8 Å². The molecule has 0 amide bonds. The molecule has 1 N–H and O–H groups in total. The van der Waals surface area contributed by atoms with Crippen molar-refractivity contribution in [1.29, 1.82) is 0 Å². The number of rotatable bonds is 3. The summed E-state index contributed by atoms with van der Waals surface area (Å²) in [6.45, 7) is 6.97. The highest BCUT2D eigenvalue weighted by molar-refractivity contribution is 5.90. The van der Waals surface area contributed by atoms with Crippen molar-refractivity contribution in [2.24, 2.45) is 0 Å². The smallest absolute Gasteiger partial charge is 0.116 e. The third-order valence-electron chi connectivity index (χ3n) is 5.68. The Morgan fingerprint density at radius 1 is 1.21 bits per heavy atom. The second-order valence-electron chi connectivity index (χ2n) is 7.60. The zero-order valence-corrected chi connectivity index (χ0v) is 16.5. The van der Waals surface area contributed by atoms with Crippen LogP contribution in [0.25, 0.3) is 22.0 Å². The van der Waals surface area contributed by atoms with Gasteiger partial charge < -0.3 is 5.32 Å². The molecular weight excluding hydrogens is 358 g/mol. The predicted octanol–water partition coefficient (Wildman–Crippen LogP) is 3.44. The number of aromatic nitrogens is 3. The van der Waals surface area contributed by atoms with Gasteiger partial charge in [0.05, 0.1) is 11.2 Å². The molecule has 1 aromatic carbocycles. The molecule has 0 saturated carbocycles. The maximum Gasteiger partial charge on any atom is 0.116 e. The summed E-state index contributed by atoms with van der Waals surface area (Å²) in [5.41, 5.74) is 9.12. The minimum absolute atomic E-state index is 0.856. The van der Waals surface area contributed by atoms with Gasteiger partial charge in [-0.3, -0.25) is 9.88 Å². The molecule has 0 spiro atoms. The topological polar surface area (TPSA) is 53.9 Å². The molecule has 2 aromatic heterocycles. The normalized spacial score (nSPS) is 18.2. The minimum atomic E-state index is 0.856. The Labute approximate surface area is 170 Å². The number of piperazine rings is 1. The van der Waals surface area contributed by atoms with Crippen LogP contribution in [0.15, 0.2) is 67.4 Å². The van der Waals surface area contributed by atoms with Crippen LogP contribution in [0.1, 0.15) is 22.4 Å². The number of pyridine rings is 1. The van der Waals surface area contributed by atoms with E-state index in [9.17, 15) is 0 Å². The average Bonchev–Trinajstić information content (AvgIpc) is 3.17. The molecule has 144 valence electrons. The summed E-state index contributed by atoms with van der Waals surface area (Å²) in [6.07, 6.45) is 10.5. The number of nitrogens with zero attached hydrogens (tertiary/aromatic N) is 4. The Hall–Kier alpha value is -3.31. The maximum atomic E-state index is 4.78. The van der Waals surface area contributed by atoms with E-state index < -0.39 is 0 Å². The zero-order chi connectivity index (χ0) is 19.8. The maximum absolute atomic E-state index is 4.78. The molecule has 0 atom stereocenters. The molecule has 1 saturated heterocycles. The highest BCUT2D eigenvalue weighted by Crippen LogP contribution is 2.35. The molecule has 0 bridgehead atoms. The Balaban J connectivity index is 1.56. The fourth-order valence-electron chi connectivity index (χ4n) is 4.17. The van der Waals surface area contributed by atoms with Gasteiger partial charge in [-0.1, -0.05) is 24.8 Å². The number of likely N-dealkylation sites (N-methyl/N-ethyl adjacent to an activating group) is 1. The molecule has 5 nitrogen and oxygen atoms in total. The van der Waals surface area contributed by atoms with Crippen LogP contribution in [0.2, 0.25) is 0 Å².